The minimum Gasteiger partial charge on any atom is -0.313 e. The average Bonchev–Trinajstić information content (AvgIpc) is 3.10. The minimum absolute atomic E-state index is 0.0379. The maximum atomic E-state index is 13.2. The first-order chi connectivity index (χ1) is 14.5. The molecule has 2 aromatic heterocycles. The van der Waals surface area contributed by atoms with Gasteiger partial charge in [0.1, 0.15) is 0 Å². The summed E-state index contributed by atoms with van der Waals surface area (Å²) in [6.07, 6.45) is 1.91. The second-order valence-electron chi connectivity index (χ2n) is 9.43. The molecule has 0 radical (unpaired) electrons. The summed E-state index contributed by atoms with van der Waals surface area (Å²) in [6, 6.07) is 14.6. The molecule has 160 valence electrons. The third-order valence-electron chi connectivity index (χ3n) is 6.08. The topological polar surface area (TPSA) is 48.9 Å². The molecule has 0 saturated carbocycles. The van der Waals surface area contributed by atoms with Gasteiger partial charge in [-0.3, -0.25) is 13.9 Å². The van der Waals surface area contributed by atoms with Gasteiger partial charge < -0.3 is 4.57 Å². The van der Waals surface area contributed by atoms with E-state index in [2.05, 4.69) is 77.1 Å². The monoisotopic (exact) mass is 415 g/mol. The fourth-order valence-corrected chi connectivity index (χ4v) is 4.22. The highest BCUT2D eigenvalue weighted by Gasteiger charge is 2.21. The molecule has 0 aliphatic heterocycles. The summed E-state index contributed by atoms with van der Waals surface area (Å²) in [5.74, 6) is 0. The van der Waals surface area contributed by atoms with E-state index in [0.29, 0.717) is 10.9 Å². The Morgan fingerprint density at radius 2 is 1.48 bits per heavy atom. The van der Waals surface area contributed by atoms with Gasteiger partial charge in [0.05, 0.1) is 16.6 Å². The van der Waals surface area contributed by atoms with Gasteiger partial charge in [-0.15, -0.1) is 0 Å². The van der Waals surface area contributed by atoms with Gasteiger partial charge >= 0.3 is 5.69 Å². The number of rotatable bonds is 2. The van der Waals surface area contributed by atoms with E-state index in [1.165, 1.54) is 22.7 Å². The molecule has 0 aliphatic carbocycles. The third kappa shape index (κ3) is 3.34. The van der Waals surface area contributed by atoms with Crippen LogP contribution in [0.15, 0.2) is 58.3 Å². The van der Waals surface area contributed by atoms with Gasteiger partial charge in [-0.25, -0.2) is 4.79 Å². The van der Waals surface area contributed by atoms with E-state index in [9.17, 15) is 9.59 Å². The predicted molar refractivity (Wildman–Crippen MR) is 127 cm³/mol. The summed E-state index contributed by atoms with van der Waals surface area (Å²) < 4.78 is 4.78. The Morgan fingerprint density at radius 1 is 0.839 bits per heavy atom. The predicted octanol–water partition coefficient (Wildman–Crippen LogP) is 4.61. The third-order valence-corrected chi connectivity index (χ3v) is 6.08. The van der Waals surface area contributed by atoms with E-state index >= 15 is 0 Å². The van der Waals surface area contributed by atoms with Crippen molar-refractivity contribution in [2.24, 2.45) is 14.1 Å². The zero-order valence-corrected chi connectivity index (χ0v) is 19.3. The first-order valence-corrected chi connectivity index (χ1v) is 10.5. The first-order valence-electron chi connectivity index (χ1n) is 10.5. The smallest absolute Gasteiger partial charge is 0.313 e. The Balaban J connectivity index is 2.13. The molecule has 0 amide bonds. The Bertz CT molecular complexity index is 1430. The normalized spacial score (nSPS) is 12.0. The summed E-state index contributed by atoms with van der Waals surface area (Å²) >= 11 is 0. The number of hydrogen-bond acceptors (Lipinski definition) is 2. The highest BCUT2D eigenvalue weighted by Crippen LogP contribution is 2.33. The lowest BCUT2D eigenvalue weighted by Gasteiger charge is -2.19. The Hall–Kier alpha value is -3.34. The number of fused-ring (bicyclic) bond motifs is 1. The molecular weight excluding hydrogens is 386 g/mol. The van der Waals surface area contributed by atoms with Gasteiger partial charge in [0.15, 0.2) is 0 Å². The van der Waals surface area contributed by atoms with E-state index in [1.807, 2.05) is 10.8 Å². The zero-order chi connectivity index (χ0) is 22.7. The summed E-state index contributed by atoms with van der Waals surface area (Å²) in [5.41, 5.74) is 6.31. The molecule has 2 heterocycles. The van der Waals surface area contributed by atoms with Crippen molar-refractivity contribution in [1.29, 1.82) is 0 Å². The quantitative estimate of drug-likeness (QED) is 0.480. The van der Waals surface area contributed by atoms with Crippen molar-refractivity contribution >= 4 is 10.9 Å². The summed E-state index contributed by atoms with van der Waals surface area (Å²) in [6.45, 7) is 10.7. The second kappa shape index (κ2) is 7.12. The highest BCUT2D eigenvalue weighted by atomic mass is 16.2. The van der Waals surface area contributed by atoms with Crippen molar-refractivity contribution in [2.75, 3.05) is 0 Å². The SMILES string of the molecule is Cc1ccc(-n2cc3c(c2-c2ccc(C(C)(C)C)cc2)c(=O)n(C)c(=O)n3C)c(C)c1. The van der Waals surface area contributed by atoms with Crippen LogP contribution in [0.5, 0.6) is 0 Å². The molecule has 0 saturated heterocycles. The molecule has 0 bridgehead atoms. The van der Waals surface area contributed by atoms with Crippen molar-refractivity contribution in [3.8, 4) is 16.9 Å². The molecule has 31 heavy (non-hydrogen) atoms. The Kier molecular flexibility index (Phi) is 4.80. The molecule has 0 unspecified atom stereocenters. The molecule has 5 nitrogen and oxygen atoms in total. The van der Waals surface area contributed by atoms with Gasteiger partial charge in [-0.1, -0.05) is 62.7 Å². The maximum absolute atomic E-state index is 13.2. The molecule has 0 atom stereocenters. The van der Waals surface area contributed by atoms with E-state index in [0.717, 1.165) is 22.5 Å². The molecule has 2 aromatic carbocycles. The lowest BCUT2D eigenvalue weighted by atomic mass is 9.86. The largest absolute Gasteiger partial charge is 0.330 e. The van der Waals surface area contributed by atoms with Crippen molar-refractivity contribution in [3.63, 3.8) is 0 Å². The lowest BCUT2D eigenvalue weighted by Crippen LogP contribution is -2.36. The molecule has 0 N–H and O–H groups in total. The maximum Gasteiger partial charge on any atom is 0.330 e. The number of aromatic nitrogens is 3. The zero-order valence-electron chi connectivity index (χ0n) is 19.3. The van der Waals surface area contributed by atoms with Crippen LogP contribution >= 0.6 is 0 Å². The van der Waals surface area contributed by atoms with Crippen molar-refractivity contribution < 1.29 is 0 Å². The van der Waals surface area contributed by atoms with Crippen LogP contribution in [0, 0.1) is 13.8 Å². The minimum atomic E-state index is -0.329. The summed E-state index contributed by atoms with van der Waals surface area (Å²) in [5, 5.41) is 0.549. The molecule has 0 aliphatic rings. The van der Waals surface area contributed by atoms with E-state index in [-0.39, 0.29) is 16.7 Å². The van der Waals surface area contributed by atoms with Crippen molar-refractivity contribution in [2.45, 2.75) is 40.0 Å². The van der Waals surface area contributed by atoms with E-state index in [1.54, 1.807) is 11.6 Å². The van der Waals surface area contributed by atoms with Crippen molar-refractivity contribution in [3.05, 3.63) is 86.2 Å². The van der Waals surface area contributed by atoms with E-state index < -0.39 is 0 Å². The number of nitrogens with zero attached hydrogens (tertiary/aromatic N) is 3. The fourth-order valence-electron chi connectivity index (χ4n) is 4.22. The summed E-state index contributed by atoms with van der Waals surface area (Å²) in [7, 11) is 3.24. The van der Waals surface area contributed by atoms with Crippen LogP contribution in [0.2, 0.25) is 0 Å². The lowest BCUT2D eigenvalue weighted by molar-refractivity contribution is 0.590. The van der Waals surface area contributed by atoms with Crippen LogP contribution in [0.3, 0.4) is 0 Å². The molecule has 5 heteroatoms. The number of aryl methyl sites for hydroxylation is 3. The van der Waals surface area contributed by atoms with E-state index in [4.69, 9.17) is 0 Å². The van der Waals surface area contributed by atoms with Crippen LogP contribution in [0.25, 0.3) is 27.8 Å². The van der Waals surface area contributed by atoms with Crippen LogP contribution in [-0.4, -0.2) is 13.7 Å². The first kappa shape index (κ1) is 20.9. The van der Waals surface area contributed by atoms with Crippen LogP contribution in [0.4, 0.5) is 0 Å². The van der Waals surface area contributed by atoms with Gasteiger partial charge in [0.2, 0.25) is 0 Å². The standard InChI is InChI=1S/C26H29N3O2/c1-16-8-13-20(17(2)14-16)29-15-21-22(24(30)28(7)25(31)27(21)6)23(29)18-9-11-19(12-10-18)26(3,4)5/h8-15H,1-7H3. The molecule has 4 rings (SSSR count). The van der Waals surface area contributed by atoms with Crippen LogP contribution < -0.4 is 11.2 Å². The van der Waals surface area contributed by atoms with Crippen molar-refractivity contribution in [1.82, 2.24) is 13.7 Å². The molecule has 0 fully saturated rings. The molecule has 0 spiro atoms. The van der Waals surface area contributed by atoms with Gasteiger partial charge in [0, 0.05) is 26.0 Å². The Morgan fingerprint density at radius 3 is 2.06 bits per heavy atom. The van der Waals surface area contributed by atoms with Gasteiger partial charge in [0.25, 0.3) is 5.56 Å². The van der Waals surface area contributed by atoms with Crippen LogP contribution in [-0.2, 0) is 19.5 Å². The van der Waals surface area contributed by atoms with Gasteiger partial charge in [-0.05, 0) is 42.0 Å². The average molecular weight is 416 g/mol. The molecular formula is C26H29N3O2. The number of hydrogen-bond donors (Lipinski definition) is 0. The second-order valence-corrected chi connectivity index (χ2v) is 9.43. The highest BCUT2D eigenvalue weighted by molar-refractivity contribution is 5.95. The number of benzene rings is 2. The summed E-state index contributed by atoms with van der Waals surface area (Å²) in [4.78, 5) is 25.8. The molecule has 4 aromatic rings. The Labute approximate surface area is 182 Å². The fraction of sp³-hybridized carbons (Fsp3) is 0.308. The van der Waals surface area contributed by atoms with Crippen LogP contribution in [0.1, 0.15) is 37.5 Å². The van der Waals surface area contributed by atoms with Gasteiger partial charge in [-0.2, -0.15) is 0 Å².